The van der Waals surface area contributed by atoms with Gasteiger partial charge < -0.3 is 9.84 Å². The molecule has 3 aromatic carbocycles. The maximum Gasteiger partial charge on any atom is 0.0647 e. The number of methoxy groups -OCH3 is 1. The molecule has 4 heteroatoms. The summed E-state index contributed by atoms with van der Waals surface area (Å²) >= 11 is 0. The maximum atomic E-state index is 9.80. The normalized spacial score (nSPS) is 11.2. The molecule has 1 aromatic heterocycles. The SMILES string of the molecule is COc1c[c-]c(-c2cc3c4c(cccc4n2)-c2ccccc2-3)c(CO)c1.[Ir]. The summed E-state index contributed by atoms with van der Waals surface area (Å²) in [5.74, 6) is 0.677. The van der Waals surface area contributed by atoms with Gasteiger partial charge in [-0.1, -0.05) is 54.1 Å². The van der Waals surface area contributed by atoms with Gasteiger partial charge in [-0.05, 0) is 34.0 Å². The van der Waals surface area contributed by atoms with E-state index in [4.69, 9.17) is 9.72 Å². The van der Waals surface area contributed by atoms with E-state index in [1.807, 2.05) is 18.2 Å². The maximum absolute atomic E-state index is 9.80. The average molecular weight is 531 g/mol. The Labute approximate surface area is 171 Å². The molecule has 1 aliphatic carbocycles. The minimum Gasteiger partial charge on any atom is -0.540 e. The molecule has 3 nitrogen and oxygen atoms in total. The fourth-order valence-electron chi connectivity index (χ4n) is 3.81. The molecule has 0 atom stereocenters. The summed E-state index contributed by atoms with van der Waals surface area (Å²) in [6.45, 7) is -0.0886. The van der Waals surface area contributed by atoms with Gasteiger partial charge in [-0.2, -0.15) is 0 Å². The van der Waals surface area contributed by atoms with Gasteiger partial charge in [0.15, 0.2) is 0 Å². The predicted molar refractivity (Wildman–Crippen MR) is 103 cm³/mol. The minimum absolute atomic E-state index is 0. The van der Waals surface area contributed by atoms with Crippen molar-refractivity contribution in [2.24, 2.45) is 0 Å². The molecular formula is C23H16IrNO2-. The van der Waals surface area contributed by atoms with Crippen LogP contribution in [0.25, 0.3) is 44.4 Å². The molecule has 5 rings (SSSR count). The molecule has 0 saturated heterocycles. The smallest absolute Gasteiger partial charge is 0.0647 e. The number of nitrogens with zero attached hydrogens (tertiary/aromatic N) is 1. The van der Waals surface area contributed by atoms with Crippen LogP contribution in [0, 0.1) is 6.07 Å². The van der Waals surface area contributed by atoms with Crippen molar-refractivity contribution < 1.29 is 29.9 Å². The zero-order valence-electron chi connectivity index (χ0n) is 14.6. The number of aliphatic hydroxyl groups is 1. The second-order valence-electron chi connectivity index (χ2n) is 6.40. The van der Waals surface area contributed by atoms with Crippen molar-refractivity contribution in [1.82, 2.24) is 4.98 Å². The molecule has 0 bridgehead atoms. The van der Waals surface area contributed by atoms with Gasteiger partial charge in [0.1, 0.15) is 0 Å². The number of aromatic nitrogens is 1. The first-order chi connectivity index (χ1) is 12.8. The van der Waals surface area contributed by atoms with Crippen LogP contribution in [0.2, 0.25) is 0 Å². The molecule has 27 heavy (non-hydrogen) atoms. The van der Waals surface area contributed by atoms with E-state index < -0.39 is 0 Å². The number of rotatable bonds is 3. The number of ether oxygens (including phenoxy) is 1. The van der Waals surface area contributed by atoms with Gasteiger partial charge in [0.05, 0.1) is 12.6 Å². The van der Waals surface area contributed by atoms with Gasteiger partial charge in [-0.15, -0.1) is 17.7 Å². The van der Waals surface area contributed by atoms with Crippen LogP contribution < -0.4 is 4.74 Å². The molecule has 0 saturated carbocycles. The van der Waals surface area contributed by atoms with Gasteiger partial charge in [-0.3, -0.25) is 4.98 Å². The van der Waals surface area contributed by atoms with E-state index in [9.17, 15) is 5.11 Å². The molecule has 0 spiro atoms. The number of aliphatic hydroxyl groups excluding tert-OH is 1. The Morgan fingerprint density at radius 1 is 0.963 bits per heavy atom. The van der Waals surface area contributed by atoms with Crippen LogP contribution in [0.5, 0.6) is 5.75 Å². The van der Waals surface area contributed by atoms with E-state index >= 15 is 0 Å². The van der Waals surface area contributed by atoms with Crippen molar-refractivity contribution in [1.29, 1.82) is 0 Å². The minimum atomic E-state index is -0.0886. The van der Waals surface area contributed by atoms with Crippen molar-refractivity contribution in [3.05, 3.63) is 72.3 Å². The molecule has 1 aliphatic rings. The number of hydrogen-bond donors (Lipinski definition) is 1. The van der Waals surface area contributed by atoms with Gasteiger partial charge in [0.2, 0.25) is 0 Å². The summed E-state index contributed by atoms with van der Waals surface area (Å²) < 4.78 is 5.25. The quantitative estimate of drug-likeness (QED) is 0.339. The van der Waals surface area contributed by atoms with E-state index in [-0.39, 0.29) is 26.7 Å². The second kappa shape index (κ2) is 6.90. The third-order valence-corrected chi connectivity index (χ3v) is 5.00. The summed E-state index contributed by atoms with van der Waals surface area (Å²) in [6, 6.07) is 23.6. The summed E-state index contributed by atoms with van der Waals surface area (Å²) in [5.41, 5.74) is 8.21. The summed E-state index contributed by atoms with van der Waals surface area (Å²) in [7, 11) is 1.61. The zero-order chi connectivity index (χ0) is 17.7. The monoisotopic (exact) mass is 531 g/mol. The molecule has 1 heterocycles. The molecule has 1 N–H and O–H groups in total. The van der Waals surface area contributed by atoms with E-state index in [2.05, 4.69) is 42.5 Å². The van der Waals surface area contributed by atoms with Crippen LogP contribution in [0.15, 0.2) is 60.7 Å². The third-order valence-electron chi connectivity index (χ3n) is 5.00. The Hall–Kier alpha value is -2.52. The average Bonchev–Trinajstić information content (AvgIpc) is 3.03. The summed E-state index contributed by atoms with van der Waals surface area (Å²) in [6.07, 6.45) is 0. The van der Waals surface area contributed by atoms with Crippen molar-refractivity contribution in [3.8, 4) is 39.3 Å². The number of pyridine rings is 1. The van der Waals surface area contributed by atoms with E-state index in [0.29, 0.717) is 5.75 Å². The van der Waals surface area contributed by atoms with Gasteiger partial charge in [0, 0.05) is 37.8 Å². The first kappa shape index (κ1) is 17.9. The standard InChI is InChI=1S/C23H16NO2.Ir/c1-26-15-9-10-16(14(11-15)13-25)22-12-20-18-6-3-2-5-17(18)19-7-4-8-21(24-22)23(19)20;/h2-9,11-12,25H,13H2,1H3;/q-1;. The predicted octanol–water partition coefficient (Wildman–Crippen LogP) is 4.85. The Morgan fingerprint density at radius 3 is 2.44 bits per heavy atom. The third kappa shape index (κ3) is 2.69. The fourth-order valence-corrected chi connectivity index (χ4v) is 3.81. The number of fused-ring (bicyclic) bond motifs is 3. The topological polar surface area (TPSA) is 42.4 Å². The zero-order valence-corrected chi connectivity index (χ0v) is 17.0. The van der Waals surface area contributed by atoms with Crippen molar-refractivity contribution in [2.75, 3.05) is 7.11 Å². The number of hydrogen-bond acceptors (Lipinski definition) is 3. The second-order valence-corrected chi connectivity index (χ2v) is 6.40. The molecule has 1 radical (unpaired) electrons. The fraction of sp³-hybridized carbons (Fsp3) is 0.0870. The van der Waals surface area contributed by atoms with Gasteiger partial charge in [-0.25, -0.2) is 0 Å². The van der Waals surface area contributed by atoms with Crippen molar-refractivity contribution >= 4 is 10.9 Å². The molecule has 4 aromatic rings. The first-order valence-electron chi connectivity index (χ1n) is 8.53. The van der Waals surface area contributed by atoms with Crippen LogP contribution in [-0.2, 0) is 26.7 Å². The first-order valence-corrected chi connectivity index (χ1v) is 8.53. The Balaban J connectivity index is 0.00000180. The van der Waals surface area contributed by atoms with E-state index in [0.717, 1.165) is 22.3 Å². The molecule has 0 amide bonds. The van der Waals surface area contributed by atoms with Crippen LogP contribution >= 0.6 is 0 Å². The van der Waals surface area contributed by atoms with Crippen molar-refractivity contribution in [3.63, 3.8) is 0 Å². The molecular weight excluding hydrogens is 514 g/mol. The molecule has 0 aliphatic heterocycles. The van der Waals surface area contributed by atoms with Gasteiger partial charge >= 0.3 is 0 Å². The molecule has 135 valence electrons. The largest absolute Gasteiger partial charge is 0.540 e. The van der Waals surface area contributed by atoms with E-state index in [1.165, 1.54) is 27.6 Å². The number of benzene rings is 3. The Kier molecular flexibility index (Phi) is 4.56. The van der Waals surface area contributed by atoms with Crippen LogP contribution in [-0.4, -0.2) is 17.2 Å². The van der Waals surface area contributed by atoms with Crippen molar-refractivity contribution in [2.45, 2.75) is 6.61 Å². The van der Waals surface area contributed by atoms with Crippen LogP contribution in [0.1, 0.15) is 5.56 Å². The Bertz CT molecular complexity index is 1170. The molecule has 0 unspecified atom stereocenters. The Morgan fingerprint density at radius 2 is 1.70 bits per heavy atom. The van der Waals surface area contributed by atoms with E-state index in [1.54, 1.807) is 13.2 Å². The summed E-state index contributed by atoms with van der Waals surface area (Å²) in [4.78, 5) is 4.87. The molecule has 0 fully saturated rings. The van der Waals surface area contributed by atoms with Crippen LogP contribution in [0.3, 0.4) is 0 Å². The van der Waals surface area contributed by atoms with Crippen LogP contribution in [0.4, 0.5) is 0 Å². The summed E-state index contributed by atoms with van der Waals surface area (Å²) in [5, 5.41) is 11.0. The van der Waals surface area contributed by atoms with Gasteiger partial charge in [0.25, 0.3) is 0 Å².